The third-order valence-electron chi connectivity index (χ3n) is 16.8. The SMILES string of the molecule is Cc1ccccc1N(c1ccc2cc3c(cc2c1)oc1c3ccc2c3cc4ccc(N(c5ccccc5C)c5cccc6c5-c5ccccc5C6(C)C)cc4cc3oc21)c1cccc2c1-c1ccccc1C2(C)C. The van der Waals surface area contributed by atoms with Gasteiger partial charge in [-0.1, -0.05) is 149 Å². The Morgan fingerprint density at radius 3 is 1.16 bits per heavy atom. The van der Waals surface area contributed by atoms with E-state index >= 15 is 0 Å². The van der Waals surface area contributed by atoms with Crippen LogP contribution >= 0.6 is 0 Å². The number of anilines is 6. The summed E-state index contributed by atoms with van der Waals surface area (Å²) in [7, 11) is 0. The quantitative estimate of drug-likeness (QED) is 0.166. The molecule has 0 N–H and O–H groups in total. The van der Waals surface area contributed by atoms with Gasteiger partial charge in [0.1, 0.15) is 11.2 Å². The van der Waals surface area contributed by atoms with Crippen LogP contribution in [0.1, 0.15) is 61.1 Å². The molecule has 11 aromatic carbocycles. The molecule has 4 heteroatoms. The number of furan rings is 2. The highest BCUT2D eigenvalue weighted by Crippen LogP contribution is 2.56. The molecule has 0 amide bonds. The van der Waals surface area contributed by atoms with Gasteiger partial charge in [0, 0.05) is 66.3 Å². The van der Waals surface area contributed by atoms with Gasteiger partial charge in [0.2, 0.25) is 0 Å². The van der Waals surface area contributed by atoms with E-state index in [2.05, 4.69) is 258 Å². The average Bonchev–Trinajstić information content (AvgIpc) is 4.12. The first-order chi connectivity index (χ1) is 36.0. The Balaban J connectivity index is 0.860. The molecule has 0 spiro atoms. The first-order valence-electron chi connectivity index (χ1n) is 25.9. The van der Waals surface area contributed by atoms with E-state index in [-0.39, 0.29) is 10.8 Å². The zero-order valence-electron chi connectivity index (χ0n) is 42.3. The molecule has 4 nitrogen and oxygen atoms in total. The van der Waals surface area contributed by atoms with Crippen LogP contribution in [0.3, 0.4) is 0 Å². The van der Waals surface area contributed by atoms with Crippen LogP contribution in [0.15, 0.2) is 215 Å². The Hall–Kier alpha value is -8.86. The van der Waals surface area contributed by atoms with Gasteiger partial charge in [0.25, 0.3) is 0 Å². The van der Waals surface area contributed by atoms with Gasteiger partial charge >= 0.3 is 0 Å². The predicted octanol–water partition coefficient (Wildman–Crippen LogP) is 20.0. The maximum Gasteiger partial charge on any atom is 0.178 e. The largest absolute Gasteiger partial charge is 0.452 e. The molecule has 0 bridgehead atoms. The van der Waals surface area contributed by atoms with E-state index in [1.807, 2.05) is 0 Å². The van der Waals surface area contributed by atoms with Crippen molar-refractivity contribution in [3.8, 4) is 22.3 Å². The molecule has 2 aromatic heterocycles. The second-order valence-electron chi connectivity index (χ2n) is 21.8. The fourth-order valence-corrected chi connectivity index (χ4v) is 13.1. The van der Waals surface area contributed by atoms with Gasteiger partial charge in [-0.2, -0.15) is 0 Å². The minimum atomic E-state index is -0.114. The Kier molecular flexibility index (Phi) is 8.87. The lowest BCUT2D eigenvalue weighted by molar-refractivity contribution is 0.634. The Morgan fingerprint density at radius 2 is 0.716 bits per heavy atom. The van der Waals surface area contributed by atoms with Crippen molar-refractivity contribution in [3.05, 3.63) is 240 Å². The van der Waals surface area contributed by atoms with Crippen molar-refractivity contribution in [1.82, 2.24) is 0 Å². The van der Waals surface area contributed by atoms with Crippen molar-refractivity contribution < 1.29 is 8.83 Å². The molecule has 0 radical (unpaired) electrons. The lowest BCUT2D eigenvalue weighted by Gasteiger charge is -2.30. The smallest absolute Gasteiger partial charge is 0.178 e. The molecule has 0 saturated heterocycles. The van der Waals surface area contributed by atoms with Crippen molar-refractivity contribution in [1.29, 1.82) is 0 Å². The highest BCUT2D eigenvalue weighted by atomic mass is 16.4. The lowest BCUT2D eigenvalue weighted by Crippen LogP contribution is -2.16. The number of benzene rings is 11. The van der Waals surface area contributed by atoms with Crippen LogP contribution in [-0.4, -0.2) is 0 Å². The van der Waals surface area contributed by atoms with Gasteiger partial charge in [-0.05, 0) is 165 Å². The first kappa shape index (κ1) is 42.8. The predicted molar refractivity (Wildman–Crippen MR) is 310 cm³/mol. The van der Waals surface area contributed by atoms with E-state index in [4.69, 9.17) is 8.83 Å². The maximum atomic E-state index is 6.93. The first-order valence-corrected chi connectivity index (χ1v) is 25.9. The van der Waals surface area contributed by atoms with Crippen LogP contribution in [0.4, 0.5) is 34.1 Å². The van der Waals surface area contributed by atoms with E-state index in [1.54, 1.807) is 0 Å². The third kappa shape index (κ3) is 5.97. The molecule has 13 aromatic rings. The lowest BCUT2D eigenvalue weighted by atomic mass is 9.82. The van der Waals surface area contributed by atoms with Crippen LogP contribution in [0.2, 0.25) is 0 Å². The van der Waals surface area contributed by atoms with Gasteiger partial charge in [-0.15, -0.1) is 0 Å². The summed E-state index contributed by atoms with van der Waals surface area (Å²) < 4.78 is 13.9. The van der Waals surface area contributed by atoms with E-state index in [1.165, 1.54) is 67.0 Å². The van der Waals surface area contributed by atoms with Gasteiger partial charge < -0.3 is 18.6 Å². The van der Waals surface area contributed by atoms with Crippen LogP contribution in [0, 0.1) is 13.8 Å². The molecule has 2 heterocycles. The fraction of sp³-hybridized carbons (Fsp3) is 0.114. The van der Waals surface area contributed by atoms with Crippen LogP contribution < -0.4 is 9.80 Å². The Labute approximate surface area is 430 Å². The van der Waals surface area contributed by atoms with Crippen LogP contribution in [-0.2, 0) is 10.8 Å². The van der Waals surface area contributed by atoms with Crippen LogP contribution in [0.25, 0.3) is 87.7 Å². The number of fused-ring (bicyclic) bond motifs is 15. The van der Waals surface area contributed by atoms with Gasteiger partial charge in [0.05, 0.1) is 11.4 Å². The molecule has 2 aliphatic rings. The van der Waals surface area contributed by atoms with E-state index in [0.717, 1.165) is 88.2 Å². The highest BCUT2D eigenvalue weighted by Gasteiger charge is 2.39. The average molecular weight is 953 g/mol. The molecular formula is C70H52N2O2. The van der Waals surface area contributed by atoms with Crippen molar-refractivity contribution in [3.63, 3.8) is 0 Å². The van der Waals surface area contributed by atoms with Gasteiger partial charge in [0.15, 0.2) is 11.2 Å². The van der Waals surface area contributed by atoms with Gasteiger partial charge in [-0.3, -0.25) is 0 Å². The normalized spacial score (nSPS) is 14.0. The molecular weight excluding hydrogens is 901 g/mol. The minimum Gasteiger partial charge on any atom is -0.452 e. The highest BCUT2D eigenvalue weighted by molar-refractivity contribution is 6.21. The molecule has 0 atom stereocenters. The monoisotopic (exact) mass is 952 g/mol. The summed E-state index contributed by atoms with van der Waals surface area (Å²) in [6.45, 7) is 13.8. The molecule has 2 aliphatic carbocycles. The number of nitrogens with zero attached hydrogens (tertiary/aromatic N) is 2. The standard InChI is InChI=1S/C70H52N2O2/c1-41-17-7-13-25-59(41)71(61-27-15-23-57-65(61)51-19-9-11-21-55(51)69(57,3)4)47-31-29-43-37-53-49-33-34-50-54-38-44-30-32-48(36-46(44)40-64(54)74-68(50)67(49)73-63(53)39-45(43)35-47)72(60-26-14-8-18-42(60)2)62-28-16-24-58-66(62)52-20-10-12-22-56(52)70(58,5)6/h7-40H,1-6H3. The van der Waals surface area contributed by atoms with Crippen molar-refractivity contribution in [2.45, 2.75) is 52.4 Å². The van der Waals surface area contributed by atoms with Crippen molar-refractivity contribution in [2.75, 3.05) is 9.80 Å². The van der Waals surface area contributed by atoms with E-state index in [9.17, 15) is 0 Å². The Morgan fingerprint density at radius 1 is 0.324 bits per heavy atom. The summed E-state index contributed by atoms with van der Waals surface area (Å²) >= 11 is 0. The topological polar surface area (TPSA) is 32.8 Å². The molecule has 0 fully saturated rings. The molecule has 0 saturated carbocycles. The molecule has 74 heavy (non-hydrogen) atoms. The fourth-order valence-electron chi connectivity index (χ4n) is 13.1. The number of hydrogen-bond acceptors (Lipinski definition) is 4. The second kappa shape index (κ2) is 15.3. The second-order valence-corrected chi connectivity index (χ2v) is 21.8. The molecule has 15 rings (SSSR count). The van der Waals surface area contributed by atoms with Crippen molar-refractivity contribution >= 4 is 99.5 Å². The van der Waals surface area contributed by atoms with Crippen molar-refractivity contribution in [2.24, 2.45) is 0 Å². The Bertz CT molecular complexity index is 4260. The summed E-state index contributed by atoms with van der Waals surface area (Å²) in [5, 5.41) is 8.75. The minimum absolute atomic E-state index is 0.114. The zero-order valence-corrected chi connectivity index (χ0v) is 42.3. The summed E-state index contributed by atoms with van der Waals surface area (Å²) in [6, 6.07) is 76.0. The number of aryl methyl sites for hydroxylation is 2. The maximum absolute atomic E-state index is 6.93. The summed E-state index contributed by atoms with van der Waals surface area (Å²) in [6.07, 6.45) is 0. The number of rotatable bonds is 6. The van der Waals surface area contributed by atoms with Crippen LogP contribution in [0.5, 0.6) is 0 Å². The molecule has 0 unspecified atom stereocenters. The zero-order chi connectivity index (χ0) is 49.8. The summed E-state index contributed by atoms with van der Waals surface area (Å²) in [5.74, 6) is 0. The number of para-hydroxylation sites is 2. The number of hydrogen-bond donors (Lipinski definition) is 0. The summed E-state index contributed by atoms with van der Waals surface area (Å²) in [5.41, 5.74) is 22.8. The third-order valence-corrected chi connectivity index (χ3v) is 16.8. The molecule has 354 valence electrons. The summed E-state index contributed by atoms with van der Waals surface area (Å²) in [4.78, 5) is 4.90. The van der Waals surface area contributed by atoms with Gasteiger partial charge in [-0.25, -0.2) is 0 Å². The van der Waals surface area contributed by atoms with E-state index in [0.29, 0.717) is 0 Å². The molecule has 0 aliphatic heterocycles. The van der Waals surface area contributed by atoms with E-state index < -0.39 is 0 Å².